The van der Waals surface area contributed by atoms with Crippen molar-refractivity contribution < 1.29 is 4.79 Å². The Balaban J connectivity index is 4.63. The van der Waals surface area contributed by atoms with Gasteiger partial charge >= 0.3 is 0 Å². The van der Waals surface area contributed by atoms with Crippen molar-refractivity contribution in [2.24, 2.45) is 5.84 Å². The zero-order chi connectivity index (χ0) is 10.1. The van der Waals surface area contributed by atoms with E-state index >= 15 is 0 Å². The Morgan fingerprint density at radius 2 is 2.15 bits per heavy atom. The molecule has 0 unspecified atom stereocenters. The number of nitrogens with one attached hydrogen (secondary N) is 1. The molecule has 0 aromatic carbocycles. The predicted molar refractivity (Wildman–Crippen MR) is 54.6 cm³/mol. The molecule has 3 nitrogen and oxygen atoms in total. The minimum absolute atomic E-state index is 0.323. The number of carbonyl (C=O) groups excluding carboxylic acids is 1. The topological polar surface area (TPSA) is 55.1 Å². The number of allylic oxidation sites excluding steroid dienone is 5. The maximum Gasteiger partial charge on any atom is 0.265 e. The van der Waals surface area contributed by atoms with Crippen LogP contribution >= 0.6 is 0 Å². The lowest BCUT2D eigenvalue weighted by atomic mass is 10.2. The first-order chi connectivity index (χ1) is 6.26. The van der Waals surface area contributed by atoms with Crippen molar-refractivity contribution >= 4 is 5.91 Å². The van der Waals surface area contributed by atoms with Gasteiger partial charge in [0, 0.05) is 5.57 Å². The van der Waals surface area contributed by atoms with E-state index in [-0.39, 0.29) is 5.91 Å². The molecule has 0 aliphatic carbocycles. The first-order valence-corrected chi connectivity index (χ1v) is 3.89. The van der Waals surface area contributed by atoms with Crippen LogP contribution in [0.25, 0.3) is 0 Å². The summed E-state index contributed by atoms with van der Waals surface area (Å²) in [5.74, 6) is 4.67. The summed E-state index contributed by atoms with van der Waals surface area (Å²) < 4.78 is 0. The molecule has 0 fully saturated rings. The molecule has 70 valence electrons. The van der Waals surface area contributed by atoms with Crippen LogP contribution in [0.4, 0.5) is 0 Å². The third-order valence-electron chi connectivity index (χ3n) is 1.27. The molecule has 0 radical (unpaired) electrons. The number of hydrazine groups is 1. The van der Waals surface area contributed by atoms with Crippen LogP contribution in [0.1, 0.15) is 6.92 Å². The fourth-order valence-corrected chi connectivity index (χ4v) is 0.662. The van der Waals surface area contributed by atoms with Gasteiger partial charge in [0.15, 0.2) is 0 Å². The van der Waals surface area contributed by atoms with E-state index in [1.54, 1.807) is 30.4 Å². The van der Waals surface area contributed by atoms with E-state index in [1.807, 2.05) is 13.0 Å². The molecule has 3 N–H and O–H groups in total. The SMILES string of the molecule is C=C\C=C/C(=C\C=C/C)C(=O)NN. The van der Waals surface area contributed by atoms with Crippen LogP contribution in [0, 0.1) is 0 Å². The Bertz CT molecular complexity index is 262. The average molecular weight is 178 g/mol. The van der Waals surface area contributed by atoms with Crippen molar-refractivity contribution in [2.75, 3.05) is 0 Å². The van der Waals surface area contributed by atoms with Crippen LogP contribution in [0.15, 0.2) is 48.6 Å². The molecule has 13 heavy (non-hydrogen) atoms. The molecule has 0 aromatic heterocycles. The minimum Gasteiger partial charge on any atom is -0.290 e. The van der Waals surface area contributed by atoms with E-state index in [0.29, 0.717) is 5.57 Å². The summed E-state index contributed by atoms with van der Waals surface area (Å²) in [6, 6.07) is 0. The van der Waals surface area contributed by atoms with Crippen LogP contribution in [0.5, 0.6) is 0 Å². The second-order valence-corrected chi connectivity index (χ2v) is 2.22. The van der Waals surface area contributed by atoms with E-state index < -0.39 is 0 Å². The lowest BCUT2D eigenvalue weighted by Crippen LogP contribution is -2.30. The summed E-state index contributed by atoms with van der Waals surface area (Å²) in [5.41, 5.74) is 2.54. The van der Waals surface area contributed by atoms with Crippen molar-refractivity contribution in [3.63, 3.8) is 0 Å². The van der Waals surface area contributed by atoms with Crippen molar-refractivity contribution in [3.8, 4) is 0 Å². The van der Waals surface area contributed by atoms with E-state index in [9.17, 15) is 4.79 Å². The number of amides is 1. The molecule has 0 atom stereocenters. The highest BCUT2D eigenvalue weighted by atomic mass is 16.2. The lowest BCUT2D eigenvalue weighted by Gasteiger charge is -1.97. The number of carbonyl (C=O) groups is 1. The van der Waals surface area contributed by atoms with Gasteiger partial charge in [-0.15, -0.1) is 0 Å². The average Bonchev–Trinajstić information content (AvgIpc) is 2.17. The van der Waals surface area contributed by atoms with Crippen molar-refractivity contribution in [3.05, 3.63) is 48.6 Å². The molecule has 3 heteroatoms. The highest BCUT2D eigenvalue weighted by Gasteiger charge is 2.00. The molecule has 0 saturated carbocycles. The first-order valence-electron chi connectivity index (χ1n) is 3.89. The maximum atomic E-state index is 11.1. The van der Waals surface area contributed by atoms with Crippen LogP contribution in [-0.4, -0.2) is 5.91 Å². The van der Waals surface area contributed by atoms with Crippen molar-refractivity contribution in [1.82, 2.24) is 5.43 Å². The van der Waals surface area contributed by atoms with Gasteiger partial charge in [0.1, 0.15) is 0 Å². The third kappa shape index (κ3) is 4.76. The summed E-state index contributed by atoms with van der Waals surface area (Å²) in [4.78, 5) is 11.1. The summed E-state index contributed by atoms with van der Waals surface area (Å²) in [6.07, 6.45) is 10.2. The zero-order valence-corrected chi connectivity index (χ0v) is 7.66. The normalized spacial score (nSPS) is 12.3. The molecule has 0 aliphatic rings. The largest absolute Gasteiger partial charge is 0.290 e. The monoisotopic (exact) mass is 178 g/mol. The van der Waals surface area contributed by atoms with Gasteiger partial charge in [0.25, 0.3) is 5.91 Å². The second-order valence-electron chi connectivity index (χ2n) is 2.22. The van der Waals surface area contributed by atoms with Gasteiger partial charge in [-0.1, -0.05) is 30.9 Å². The Hall–Kier alpha value is -1.61. The molecule has 0 spiro atoms. The summed E-state index contributed by atoms with van der Waals surface area (Å²) >= 11 is 0. The van der Waals surface area contributed by atoms with Gasteiger partial charge in [-0.2, -0.15) is 0 Å². The van der Waals surface area contributed by atoms with E-state index in [4.69, 9.17) is 5.84 Å². The summed E-state index contributed by atoms with van der Waals surface area (Å²) in [7, 11) is 0. The van der Waals surface area contributed by atoms with E-state index in [1.165, 1.54) is 0 Å². The fraction of sp³-hybridized carbons (Fsp3) is 0.100. The number of rotatable bonds is 4. The van der Waals surface area contributed by atoms with Crippen molar-refractivity contribution in [2.45, 2.75) is 6.92 Å². The van der Waals surface area contributed by atoms with Crippen LogP contribution in [0.2, 0.25) is 0 Å². The molecule has 0 aliphatic heterocycles. The molecule has 0 heterocycles. The fourth-order valence-electron chi connectivity index (χ4n) is 0.662. The summed E-state index contributed by atoms with van der Waals surface area (Å²) in [6.45, 7) is 5.37. The molecule has 0 bridgehead atoms. The Labute approximate surface area is 78.3 Å². The Morgan fingerprint density at radius 1 is 1.46 bits per heavy atom. The number of nitrogens with two attached hydrogens (primary N) is 1. The standard InChI is InChI=1S/C10H14N2O/c1-3-5-7-9(8-6-4-2)10(13)12-11/h3-8H,1,11H2,2H3,(H,12,13)/b6-4-,7-5-,9-8+. The molecular weight excluding hydrogens is 164 g/mol. The second kappa shape index (κ2) is 7.06. The minimum atomic E-state index is -0.323. The van der Waals surface area contributed by atoms with Crippen molar-refractivity contribution in [1.29, 1.82) is 0 Å². The van der Waals surface area contributed by atoms with Crippen LogP contribution < -0.4 is 11.3 Å². The molecule has 0 aromatic rings. The third-order valence-corrected chi connectivity index (χ3v) is 1.27. The predicted octanol–water partition coefficient (Wildman–Crippen LogP) is 1.22. The van der Waals surface area contributed by atoms with Gasteiger partial charge < -0.3 is 0 Å². The molecule has 0 saturated heterocycles. The quantitative estimate of drug-likeness (QED) is 0.223. The zero-order valence-electron chi connectivity index (χ0n) is 7.66. The maximum absolute atomic E-state index is 11.1. The van der Waals surface area contributed by atoms with E-state index in [2.05, 4.69) is 12.0 Å². The van der Waals surface area contributed by atoms with Crippen LogP contribution in [0.3, 0.4) is 0 Å². The van der Waals surface area contributed by atoms with Gasteiger partial charge in [-0.3, -0.25) is 10.2 Å². The number of hydrogen-bond acceptors (Lipinski definition) is 2. The highest BCUT2D eigenvalue weighted by molar-refractivity contribution is 5.96. The molecule has 1 amide bonds. The Kier molecular flexibility index (Phi) is 6.19. The van der Waals surface area contributed by atoms with Gasteiger partial charge in [-0.05, 0) is 19.1 Å². The first kappa shape index (κ1) is 11.4. The van der Waals surface area contributed by atoms with Crippen LogP contribution in [-0.2, 0) is 4.79 Å². The number of hydrogen-bond donors (Lipinski definition) is 2. The molecule has 0 rings (SSSR count). The van der Waals surface area contributed by atoms with Gasteiger partial charge in [0.05, 0.1) is 0 Å². The van der Waals surface area contributed by atoms with Gasteiger partial charge in [0.2, 0.25) is 0 Å². The van der Waals surface area contributed by atoms with E-state index in [0.717, 1.165) is 0 Å². The highest BCUT2D eigenvalue weighted by Crippen LogP contribution is 1.97. The smallest absolute Gasteiger partial charge is 0.265 e. The lowest BCUT2D eigenvalue weighted by molar-refractivity contribution is -0.117. The summed E-state index contributed by atoms with van der Waals surface area (Å²) in [5, 5.41) is 0. The van der Waals surface area contributed by atoms with Gasteiger partial charge in [-0.25, -0.2) is 5.84 Å². The molecular formula is C10H14N2O. The Morgan fingerprint density at radius 3 is 2.62 bits per heavy atom.